The second-order valence-corrected chi connectivity index (χ2v) is 7.51. The Balaban J connectivity index is 1.87. The van der Waals surface area contributed by atoms with Crippen LogP contribution >= 0.6 is 23.1 Å². The van der Waals surface area contributed by atoms with Crippen LogP contribution in [0.5, 0.6) is 0 Å². The Bertz CT molecular complexity index is 428. The van der Waals surface area contributed by atoms with Crippen molar-refractivity contribution in [2.24, 2.45) is 11.8 Å². The fourth-order valence-electron chi connectivity index (χ4n) is 2.69. The minimum absolute atomic E-state index is 0.0339. The highest BCUT2D eigenvalue weighted by Gasteiger charge is 2.24. The number of nitrogens with one attached hydrogen (secondary N) is 1. The molecule has 5 nitrogen and oxygen atoms in total. The van der Waals surface area contributed by atoms with Crippen molar-refractivity contribution >= 4 is 34.2 Å². The molecule has 1 aliphatic rings. The first-order valence-electron chi connectivity index (χ1n) is 6.47. The van der Waals surface area contributed by atoms with Gasteiger partial charge in [0.2, 0.25) is 5.13 Å². The summed E-state index contributed by atoms with van der Waals surface area (Å²) >= 11 is 2.66. The number of hydrogen-bond donors (Lipinski definition) is 2. The molecule has 7 heteroatoms. The Kier molecular flexibility index (Phi) is 5.04. The number of aromatic nitrogens is 2. The van der Waals surface area contributed by atoms with Crippen molar-refractivity contribution < 1.29 is 9.90 Å². The number of carboxylic acids is 1. The van der Waals surface area contributed by atoms with E-state index in [0.29, 0.717) is 10.4 Å². The molecule has 1 aliphatic carbocycles. The van der Waals surface area contributed by atoms with Gasteiger partial charge >= 0.3 is 5.97 Å². The van der Waals surface area contributed by atoms with E-state index in [2.05, 4.69) is 29.4 Å². The highest BCUT2D eigenvalue weighted by Crippen LogP contribution is 2.32. The number of carbonyl (C=O) groups is 1. The molecule has 0 aromatic carbocycles. The van der Waals surface area contributed by atoms with E-state index in [1.54, 1.807) is 0 Å². The molecule has 0 bridgehead atoms. The van der Waals surface area contributed by atoms with Gasteiger partial charge in [0.25, 0.3) is 0 Å². The van der Waals surface area contributed by atoms with Crippen molar-refractivity contribution in [3.63, 3.8) is 0 Å². The zero-order valence-corrected chi connectivity index (χ0v) is 12.8. The van der Waals surface area contributed by atoms with Crippen LogP contribution in [0.25, 0.3) is 0 Å². The van der Waals surface area contributed by atoms with Gasteiger partial charge in [-0.15, -0.1) is 10.2 Å². The summed E-state index contributed by atoms with van der Waals surface area (Å²) in [5, 5.41) is 20.9. The first-order chi connectivity index (χ1) is 9.02. The molecule has 0 saturated heterocycles. The van der Waals surface area contributed by atoms with Gasteiger partial charge in [-0.05, 0) is 31.1 Å². The summed E-state index contributed by atoms with van der Waals surface area (Å²) in [6.07, 6.45) is 3.64. The van der Waals surface area contributed by atoms with Gasteiger partial charge in [0.05, 0.1) is 5.75 Å². The molecule has 0 aliphatic heterocycles. The van der Waals surface area contributed by atoms with Crippen LogP contribution in [0.1, 0.15) is 33.1 Å². The Labute approximate surface area is 121 Å². The number of hydrogen-bond acceptors (Lipinski definition) is 6. The molecule has 106 valence electrons. The fourth-order valence-corrected chi connectivity index (χ4v) is 4.24. The van der Waals surface area contributed by atoms with Crippen molar-refractivity contribution in [1.82, 2.24) is 10.2 Å². The Morgan fingerprint density at radius 1 is 1.37 bits per heavy atom. The predicted octanol–water partition coefficient (Wildman–Crippen LogP) is 2.95. The third-order valence-electron chi connectivity index (χ3n) is 3.23. The quantitative estimate of drug-likeness (QED) is 0.814. The number of carboxylic acid groups (broad SMARTS) is 1. The number of thioether (sulfide) groups is 1. The van der Waals surface area contributed by atoms with Gasteiger partial charge in [0, 0.05) is 6.04 Å². The molecule has 1 heterocycles. The molecular formula is C12H19N3O2S2. The van der Waals surface area contributed by atoms with Crippen LogP contribution in [-0.4, -0.2) is 33.1 Å². The van der Waals surface area contributed by atoms with Crippen LogP contribution in [0.2, 0.25) is 0 Å². The maximum absolute atomic E-state index is 10.5. The molecule has 2 unspecified atom stereocenters. The molecular weight excluding hydrogens is 282 g/mol. The number of aliphatic carboxylic acids is 1. The van der Waals surface area contributed by atoms with Crippen LogP contribution in [0.4, 0.5) is 5.13 Å². The highest BCUT2D eigenvalue weighted by atomic mass is 32.2. The minimum atomic E-state index is -0.829. The molecule has 0 spiro atoms. The zero-order chi connectivity index (χ0) is 13.8. The van der Waals surface area contributed by atoms with E-state index in [9.17, 15) is 4.79 Å². The summed E-state index contributed by atoms with van der Waals surface area (Å²) in [4.78, 5) is 10.5. The van der Waals surface area contributed by atoms with Gasteiger partial charge in [0.1, 0.15) is 0 Å². The molecule has 2 N–H and O–H groups in total. The van der Waals surface area contributed by atoms with Gasteiger partial charge in [-0.1, -0.05) is 36.9 Å². The Hall–Kier alpha value is -0.820. The lowest BCUT2D eigenvalue weighted by atomic mass is 9.80. The van der Waals surface area contributed by atoms with Crippen molar-refractivity contribution in [3.8, 4) is 0 Å². The second-order valence-electron chi connectivity index (χ2n) is 5.31. The maximum atomic E-state index is 10.5. The lowest BCUT2D eigenvalue weighted by molar-refractivity contribution is -0.133. The fraction of sp³-hybridized carbons (Fsp3) is 0.750. The van der Waals surface area contributed by atoms with Crippen LogP contribution in [0.3, 0.4) is 0 Å². The van der Waals surface area contributed by atoms with Crippen molar-refractivity contribution in [1.29, 1.82) is 0 Å². The third kappa shape index (κ3) is 4.65. The Morgan fingerprint density at radius 3 is 2.68 bits per heavy atom. The summed E-state index contributed by atoms with van der Waals surface area (Å²) in [5.41, 5.74) is 0. The van der Waals surface area contributed by atoms with Gasteiger partial charge in [-0.25, -0.2) is 0 Å². The monoisotopic (exact) mass is 301 g/mol. The summed E-state index contributed by atoms with van der Waals surface area (Å²) in [7, 11) is 0. The number of nitrogens with zero attached hydrogens (tertiary/aromatic N) is 2. The van der Waals surface area contributed by atoms with E-state index in [1.807, 2.05) is 0 Å². The largest absolute Gasteiger partial charge is 0.481 e. The van der Waals surface area contributed by atoms with Crippen molar-refractivity contribution in [3.05, 3.63) is 0 Å². The SMILES string of the molecule is CC1CC(C)CC(Nc2nnc(SCC(=O)O)s2)C1. The highest BCUT2D eigenvalue weighted by molar-refractivity contribution is 8.01. The molecule has 1 saturated carbocycles. The summed E-state index contributed by atoms with van der Waals surface area (Å²) in [5.74, 6) is 0.696. The first kappa shape index (κ1) is 14.6. The van der Waals surface area contributed by atoms with E-state index >= 15 is 0 Å². The summed E-state index contributed by atoms with van der Waals surface area (Å²) in [6.45, 7) is 4.58. The van der Waals surface area contributed by atoms with E-state index in [1.165, 1.54) is 42.4 Å². The smallest absolute Gasteiger partial charge is 0.313 e. The van der Waals surface area contributed by atoms with E-state index in [-0.39, 0.29) is 5.75 Å². The van der Waals surface area contributed by atoms with E-state index in [4.69, 9.17) is 5.11 Å². The summed E-state index contributed by atoms with van der Waals surface area (Å²) < 4.78 is 0.710. The van der Waals surface area contributed by atoms with Crippen LogP contribution < -0.4 is 5.32 Å². The predicted molar refractivity (Wildman–Crippen MR) is 77.9 cm³/mol. The minimum Gasteiger partial charge on any atom is -0.481 e. The van der Waals surface area contributed by atoms with Gasteiger partial charge in [-0.2, -0.15) is 0 Å². The lowest BCUT2D eigenvalue weighted by Gasteiger charge is -2.31. The van der Waals surface area contributed by atoms with Crippen molar-refractivity contribution in [2.75, 3.05) is 11.1 Å². The summed E-state index contributed by atoms with van der Waals surface area (Å²) in [6, 6.07) is 0.462. The van der Waals surface area contributed by atoms with Crippen LogP contribution in [-0.2, 0) is 4.79 Å². The number of rotatable bonds is 5. The lowest BCUT2D eigenvalue weighted by Crippen LogP contribution is -2.30. The van der Waals surface area contributed by atoms with Gasteiger partial charge in [-0.3, -0.25) is 4.79 Å². The standard InChI is InChI=1S/C12H19N3O2S2/c1-7-3-8(2)5-9(4-7)13-11-14-15-12(19-11)18-6-10(16)17/h7-9H,3-6H2,1-2H3,(H,13,14)(H,16,17). The molecule has 2 atom stereocenters. The average Bonchev–Trinajstić information content (AvgIpc) is 2.72. The molecule has 2 rings (SSSR count). The molecule has 0 amide bonds. The van der Waals surface area contributed by atoms with E-state index in [0.717, 1.165) is 17.0 Å². The average molecular weight is 301 g/mol. The Morgan fingerprint density at radius 2 is 2.05 bits per heavy atom. The van der Waals surface area contributed by atoms with Crippen LogP contribution in [0.15, 0.2) is 4.34 Å². The molecule has 1 aromatic heterocycles. The van der Waals surface area contributed by atoms with Gasteiger partial charge < -0.3 is 10.4 Å². The van der Waals surface area contributed by atoms with E-state index < -0.39 is 5.97 Å². The second kappa shape index (κ2) is 6.56. The molecule has 19 heavy (non-hydrogen) atoms. The third-order valence-corrected chi connectivity index (χ3v) is 5.20. The first-order valence-corrected chi connectivity index (χ1v) is 8.27. The molecule has 1 aromatic rings. The van der Waals surface area contributed by atoms with Crippen molar-refractivity contribution in [2.45, 2.75) is 43.5 Å². The molecule has 1 fully saturated rings. The normalized spacial score (nSPS) is 27.2. The zero-order valence-electron chi connectivity index (χ0n) is 11.1. The van der Waals surface area contributed by atoms with Gasteiger partial charge in [0.15, 0.2) is 4.34 Å². The van der Waals surface area contributed by atoms with Crippen LogP contribution in [0, 0.1) is 11.8 Å². The number of anilines is 1. The maximum Gasteiger partial charge on any atom is 0.313 e. The molecule has 0 radical (unpaired) electrons. The topological polar surface area (TPSA) is 75.1 Å².